The average Bonchev–Trinajstić information content (AvgIpc) is 2.84. The van der Waals surface area contributed by atoms with Crippen LogP contribution in [-0.4, -0.2) is 40.1 Å². The van der Waals surface area contributed by atoms with Crippen molar-refractivity contribution in [2.45, 2.75) is 62.6 Å². The van der Waals surface area contributed by atoms with Gasteiger partial charge in [0.15, 0.2) is 0 Å². The van der Waals surface area contributed by atoms with Crippen molar-refractivity contribution in [2.24, 2.45) is 0 Å². The second-order valence-electron chi connectivity index (χ2n) is 8.22. The Morgan fingerprint density at radius 1 is 1.18 bits per heavy atom. The summed E-state index contributed by atoms with van der Waals surface area (Å²) < 4.78 is 7.60. The first-order valence-corrected chi connectivity index (χ1v) is 12.6. The zero-order valence-corrected chi connectivity index (χ0v) is 20.0. The molecule has 1 aliphatic rings. The number of aromatic nitrogens is 1. The van der Waals surface area contributed by atoms with E-state index < -0.39 is 12.2 Å². The zero-order valence-electron chi connectivity index (χ0n) is 19.2. The summed E-state index contributed by atoms with van der Waals surface area (Å²) in [4.78, 5) is 17.1. The van der Waals surface area contributed by atoms with Gasteiger partial charge in [0.2, 0.25) is 0 Å². The van der Waals surface area contributed by atoms with Crippen LogP contribution in [0.25, 0.3) is 0 Å². The minimum absolute atomic E-state index is 0.221. The fourth-order valence-corrected chi connectivity index (χ4v) is 4.71. The molecule has 0 fully saturated rings. The second kappa shape index (κ2) is 14.7. The van der Waals surface area contributed by atoms with Gasteiger partial charge >= 0.3 is 6.09 Å². The van der Waals surface area contributed by atoms with E-state index in [9.17, 15) is 9.90 Å². The maximum absolute atomic E-state index is 12.0. The number of fused-ring (bicyclic) bond motifs is 2. The first-order chi connectivity index (χ1) is 16.2. The third-order valence-corrected chi connectivity index (χ3v) is 6.56. The Morgan fingerprint density at radius 3 is 2.91 bits per heavy atom. The van der Waals surface area contributed by atoms with Crippen LogP contribution in [0.15, 0.2) is 65.8 Å². The molecule has 2 aromatic rings. The molecule has 1 aromatic heterocycles. The van der Waals surface area contributed by atoms with Crippen LogP contribution in [0, 0.1) is 0 Å². The van der Waals surface area contributed by atoms with Crippen LogP contribution < -0.4 is 5.32 Å². The molecule has 1 aromatic carbocycles. The van der Waals surface area contributed by atoms with Crippen LogP contribution in [0.5, 0.6) is 0 Å². The number of hydrogen-bond donors (Lipinski definition) is 2. The number of ether oxygens (including phenoxy) is 1. The number of allylic oxidation sites excluding steroid dienone is 2. The van der Waals surface area contributed by atoms with Crippen LogP contribution in [0.1, 0.15) is 62.2 Å². The molecule has 3 rings (SSSR count). The van der Waals surface area contributed by atoms with E-state index in [1.165, 1.54) is 0 Å². The lowest BCUT2D eigenvalue weighted by molar-refractivity contribution is 0.139. The molecular formula is C26H35N3O3S. The quantitative estimate of drug-likeness (QED) is 0.323. The van der Waals surface area contributed by atoms with Crippen LogP contribution >= 0.6 is 11.9 Å². The summed E-state index contributed by atoms with van der Waals surface area (Å²) in [6.45, 7) is 2.62. The van der Waals surface area contributed by atoms with Crippen molar-refractivity contribution in [2.75, 3.05) is 19.6 Å². The maximum Gasteiger partial charge on any atom is 0.407 e. The Balaban J connectivity index is 1.47. The predicted molar refractivity (Wildman–Crippen MR) is 133 cm³/mol. The van der Waals surface area contributed by atoms with Gasteiger partial charge in [0.25, 0.3) is 0 Å². The number of aliphatic hydroxyl groups excluding tert-OH is 1. The first kappa shape index (κ1) is 25.3. The lowest BCUT2D eigenvalue weighted by atomic mass is 10.0. The van der Waals surface area contributed by atoms with E-state index in [2.05, 4.69) is 38.9 Å². The molecule has 33 heavy (non-hydrogen) atoms. The SMILES string of the molecule is O=C(NCCCN1CCCC/C=C/CCCC(O)c2cccc(c2)S1)OCc1cccnc1. The van der Waals surface area contributed by atoms with E-state index >= 15 is 0 Å². The summed E-state index contributed by atoms with van der Waals surface area (Å²) >= 11 is 1.73. The molecule has 2 bridgehead atoms. The Bertz CT molecular complexity index is 863. The van der Waals surface area contributed by atoms with Gasteiger partial charge in [-0.3, -0.25) is 4.98 Å². The number of carbonyl (C=O) groups excluding carboxylic acids is 1. The summed E-state index contributed by atoms with van der Waals surface area (Å²) in [6, 6.07) is 11.9. The van der Waals surface area contributed by atoms with Crippen molar-refractivity contribution in [1.29, 1.82) is 0 Å². The maximum atomic E-state index is 12.0. The molecule has 1 unspecified atom stereocenters. The number of carbonyl (C=O) groups is 1. The van der Waals surface area contributed by atoms with Gasteiger partial charge < -0.3 is 15.2 Å². The number of alkyl carbamates (subject to hydrolysis) is 1. The normalized spacial score (nSPS) is 19.1. The minimum Gasteiger partial charge on any atom is -0.445 e. The number of pyridine rings is 1. The highest BCUT2D eigenvalue weighted by Crippen LogP contribution is 2.28. The molecular weight excluding hydrogens is 434 g/mol. The predicted octanol–water partition coefficient (Wildman–Crippen LogP) is 5.65. The van der Waals surface area contributed by atoms with Gasteiger partial charge in [-0.2, -0.15) is 0 Å². The van der Waals surface area contributed by atoms with Gasteiger partial charge in [0, 0.05) is 42.5 Å². The number of benzene rings is 1. The third kappa shape index (κ3) is 9.98. The van der Waals surface area contributed by atoms with Crippen LogP contribution in [0.4, 0.5) is 4.79 Å². The van der Waals surface area contributed by atoms with E-state index in [-0.39, 0.29) is 6.61 Å². The molecule has 0 radical (unpaired) electrons. The number of amides is 1. The van der Waals surface area contributed by atoms with Gasteiger partial charge in [0.1, 0.15) is 6.61 Å². The third-order valence-electron chi connectivity index (χ3n) is 5.47. The monoisotopic (exact) mass is 469 g/mol. The van der Waals surface area contributed by atoms with E-state index in [1.54, 1.807) is 24.3 Å². The summed E-state index contributed by atoms with van der Waals surface area (Å²) in [7, 11) is 0. The molecule has 2 N–H and O–H groups in total. The number of hydrogen-bond acceptors (Lipinski definition) is 6. The molecule has 0 aliphatic carbocycles. The summed E-state index contributed by atoms with van der Waals surface area (Å²) in [6.07, 6.45) is 14.1. The number of aliphatic hydroxyl groups is 1. The van der Waals surface area contributed by atoms with Gasteiger partial charge in [0.05, 0.1) is 6.10 Å². The molecule has 1 atom stereocenters. The van der Waals surface area contributed by atoms with Crippen molar-refractivity contribution in [1.82, 2.24) is 14.6 Å². The molecule has 1 aliphatic heterocycles. The summed E-state index contributed by atoms with van der Waals surface area (Å²) in [5.74, 6) is 0. The molecule has 0 saturated carbocycles. The number of nitrogens with one attached hydrogen (secondary N) is 1. The molecule has 6 nitrogen and oxygen atoms in total. The molecule has 0 saturated heterocycles. The second-order valence-corrected chi connectivity index (χ2v) is 9.39. The molecule has 1 amide bonds. The van der Waals surface area contributed by atoms with Crippen LogP contribution in [-0.2, 0) is 11.3 Å². The van der Waals surface area contributed by atoms with Crippen LogP contribution in [0.2, 0.25) is 0 Å². The van der Waals surface area contributed by atoms with Gasteiger partial charge in [-0.1, -0.05) is 30.4 Å². The largest absolute Gasteiger partial charge is 0.445 e. The van der Waals surface area contributed by atoms with E-state index in [1.807, 2.05) is 24.3 Å². The number of rotatable bonds is 6. The average molecular weight is 470 g/mol. The lowest BCUT2D eigenvalue weighted by Crippen LogP contribution is -2.28. The summed E-state index contributed by atoms with van der Waals surface area (Å²) in [5, 5.41) is 13.4. The highest BCUT2D eigenvalue weighted by molar-refractivity contribution is 7.97. The van der Waals surface area contributed by atoms with Crippen molar-refractivity contribution in [3.63, 3.8) is 0 Å². The van der Waals surface area contributed by atoms with Crippen molar-refractivity contribution < 1.29 is 14.6 Å². The van der Waals surface area contributed by atoms with Gasteiger partial charge in [-0.05, 0) is 80.7 Å². The number of nitrogens with zero attached hydrogens (tertiary/aromatic N) is 2. The van der Waals surface area contributed by atoms with E-state index in [0.717, 1.165) is 74.1 Å². The minimum atomic E-state index is -0.417. The van der Waals surface area contributed by atoms with Crippen molar-refractivity contribution >= 4 is 18.0 Å². The van der Waals surface area contributed by atoms with Gasteiger partial charge in [-0.15, -0.1) is 0 Å². The Morgan fingerprint density at radius 2 is 2.06 bits per heavy atom. The molecule has 178 valence electrons. The standard InChI is InChI=1S/C26H35N3O3S/c30-25-14-6-4-2-1-3-5-7-17-29(33-24-13-8-12-23(25)19-24)18-10-16-28-26(31)32-21-22-11-9-15-27-20-22/h1-2,8-9,11-13,15,19-20,25,30H,3-7,10,14,16-18,21H2,(H,28,31)/b2-1+. The highest BCUT2D eigenvalue weighted by atomic mass is 32.2. The smallest absolute Gasteiger partial charge is 0.407 e. The topological polar surface area (TPSA) is 74.7 Å². The highest BCUT2D eigenvalue weighted by Gasteiger charge is 2.12. The van der Waals surface area contributed by atoms with Crippen molar-refractivity contribution in [3.05, 3.63) is 72.1 Å². The lowest BCUT2D eigenvalue weighted by Gasteiger charge is -2.22. The fourth-order valence-electron chi connectivity index (χ4n) is 3.64. The van der Waals surface area contributed by atoms with Crippen LogP contribution in [0.3, 0.4) is 0 Å². The Labute approximate surface area is 201 Å². The van der Waals surface area contributed by atoms with Gasteiger partial charge in [-0.25, -0.2) is 9.10 Å². The Kier molecular flexibility index (Phi) is 11.3. The van der Waals surface area contributed by atoms with E-state index in [4.69, 9.17) is 4.74 Å². The van der Waals surface area contributed by atoms with Crippen molar-refractivity contribution in [3.8, 4) is 0 Å². The fraction of sp³-hybridized carbons (Fsp3) is 0.462. The van der Waals surface area contributed by atoms with E-state index in [0.29, 0.717) is 6.54 Å². The Hall–Kier alpha value is -2.35. The molecule has 2 heterocycles. The molecule has 7 heteroatoms. The first-order valence-electron chi connectivity index (χ1n) is 11.9. The summed E-state index contributed by atoms with van der Waals surface area (Å²) in [5.41, 5.74) is 1.85. The molecule has 0 spiro atoms. The zero-order chi connectivity index (χ0) is 23.1.